The van der Waals surface area contributed by atoms with Gasteiger partial charge < -0.3 is 10.1 Å². The molecular formula is C19H18FN3O. The van der Waals surface area contributed by atoms with Crippen LogP contribution in [0.5, 0.6) is 5.75 Å². The van der Waals surface area contributed by atoms with Gasteiger partial charge in [0.25, 0.3) is 0 Å². The van der Waals surface area contributed by atoms with Crippen molar-refractivity contribution in [2.75, 3.05) is 6.61 Å². The fraction of sp³-hybridized carbons (Fsp3) is 0.211. The predicted molar refractivity (Wildman–Crippen MR) is 89.8 cm³/mol. The number of rotatable bonds is 4. The van der Waals surface area contributed by atoms with Gasteiger partial charge in [-0.15, -0.1) is 0 Å². The first-order valence-electron chi connectivity index (χ1n) is 8.02. The molecule has 24 heavy (non-hydrogen) atoms. The Balaban J connectivity index is 1.50. The molecular weight excluding hydrogens is 305 g/mol. The molecule has 0 amide bonds. The molecule has 1 aliphatic rings. The standard InChI is InChI=1S/C19H18FN3O/c20-16-6-7-18(23-9-3-8-22-23)15(10-16)12-21-17-11-14-4-1-2-5-19(14)24-13-17/h1-10,17,21H,11-13H2. The summed E-state index contributed by atoms with van der Waals surface area (Å²) < 4.78 is 21.2. The Labute approximate surface area is 139 Å². The summed E-state index contributed by atoms with van der Waals surface area (Å²) in [6.07, 6.45) is 4.48. The average Bonchev–Trinajstić information content (AvgIpc) is 3.14. The molecule has 0 spiro atoms. The molecule has 0 fully saturated rings. The number of hydrogen-bond acceptors (Lipinski definition) is 3. The molecule has 5 heteroatoms. The summed E-state index contributed by atoms with van der Waals surface area (Å²) in [7, 11) is 0. The van der Waals surface area contributed by atoms with Crippen molar-refractivity contribution in [1.29, 1.82) is 0 Å². The lowest BCUT2D eigenvalue weighted by atomic mass is 10.0. The van der Waals surface area contributed by atoms with E-state index in [1.165, 1.54) is 11.6 Å². The number of nitrogens with one attached hydrogen (secondary N) is 1. The zero-order valence-electron chi connectivity index (χ0n) is 13.2. The highest BCUT2D eigenvalue weighted by Gasteiger charge is 2.19. The molecule has 1 atom stereocenters. The van der Waals surface area contributed by atoms with E-state index in [4.69, 9.17) is 4.74 Å². The van der Waals surface area contributed by atoms with Gasteiger partial charge in [-0.1, -0.05) is 18.2 Å². The van der Waals surface area contributed by atoms with Crippen molar-refractivity contribution >= 4 is 0 Å². The van der Waals surface area contributed by atoms with Crippen molar-refractivity contribution in [3.63, 3.8) is 0 Å². The van der Waals surface area contributed by atoms with E-state index in [0.717, 1.165) is 23.4 Å². The Morgan fingerprint density at radius 3 is 3.00 bits per heavy atom. The summed E-state index contributed by atoms with van der Waals surface area (Å²) in [6.45, 7) is 1.17. The van der Waals surface area contributed by atoms with Gasteiger partial charge in [0.1, 0.15) is 18.2 Å². The zero-order valence-corrected chi connectivity index (χ0v) is 13.2. The zero-order chi connectivity index (χ0) is 16.4. The van der Waals surface area contributed by atoms with Crippen molar-refractivity contribution < 1.29 is 9.13 Å². The monoisotopic (exact) mass is 323 g/mol. The summed E-state index contributed by atoms with van der Waals surface area (Å²) >= 11 is 0. The maximum absolute atomic E-state index is 13.7. The lowest BCUT2D eigenvalue weighted by Gasteiger charge is -2.26. The van der Waals surface area contributed by atoms with Crippen molar-refractivity contribution in [3.05, 3.63) is 77.9 Å². The second kappa shape index (κ2) is 6.45. The minimum Gasteiger partial charge on any atom is -0.492 e. The van der Waals surface area contributed by atoms with Crippen LogP contribution in [-0.4, -0.2) is 22.4 Å². The molecule has 1 aromatic heterocycles. The molecule has 1 N–H and O–H groups in total. The molecule has 0 bridgehead atoms. The van der Waals surface area contributed by atoms with E-state index in [2.05, 4.69) is 16.5 Å². The summed E-state index contributed by atoms with van der Waals surface area (Å²) in [6, 6.07) is 14.9. The van der Waals surface area contributed by atoms with Gasteiger partial charge >= 0.3 is 0 Å². The molecule has 1 unspecified atom stereocenters. The van der Waals surface area contributed by atoms with Crippen LogP contribution in [0.1, 0.15) is 11.1 Å². The Morgan fingerprint density at radius 1 is 1.21 bits per heavy atom. The van der Waals surface area contributed by atoms with E-state index >= 15 is 0 Å². The Hall–Kier alpha value is -2.66. The Morgan fingerprint density at radius 2 is 2.12 bits per heavy atom. The average molecular weight is 323 g/mol. The Kier molecular flexibility index (Phi) is 4.01. The van der Waals surface area contributed by atoms with E-state index in [-0.39, 0.29) is 11.9 Å². The second-order valence-corrected chi connectivity index (χ2v) is 5.92. The molecule has 0 saturated heterocycles. The summed E-state index contributed by atoms with van der Waals surface area (Å²) in [5.74, 6) is 0.714. The number of ether oxygens (including phenoxy) is 1. The SMILES string of the molecule is Fc1ccc(-n2cccn2)c(CNC2COc3ccccc3C2)c1. The van der Waals surface area contributed by atoms with Gasteiger partial charge in [-0.2, -0.15) is 5.10 Å². The fourth-order valence-corrected chi connectivity index (χ4v) is 3.04. The first-order valence-corrected chi connectivity index (χ1v) is 8.02. The summed E-state index contributed by atoms with van der Waals surface area (Å²) in [5, 5.41) is 7.72. The molecule has 122 valence electrons. The van der Waals surface area contributed by atoms with E-state index in [0.29, 0.717) is 13.2 Å². The van der Waals surface area contributed by atoms with Crippen LogP contribution in [0.15, 0.2) is 60.9 Å². The van der Waals surface area contributed by atoms with Crippen molar-refractivity contribution in [3.8, 4) is 11.4 Å². The van der Waals surface area contributed by atoms with Crippen molar-refractivity contribution in [1.82, 2.24) is 15.1 Å². The van der Waals surface area contributed by atoms with Gasteiger partial charge in [0.15, 0.2) is 0 Å². The van der Waals surface area contributed by atoms with Crippen LogP contribution in [-0.2, 0) is 13.0 Å². The quantitative estimate of drug-likeness (QED) is 0.802. The molecule has 2 aromatic carbocycles. The highest BCUT2D eigenvalue weighted by molar-refractivity contribution is 5.41. The van der Waals surface area contributed by atoms with Gasteiger partial charge in [0, 0.05) is 25.0 Å². The lowest BCUT2D eigenvalue weighted by molar-refractivity contribution is 0.238. The van der Waals surface area contributed by atoms with Gasteiger partial charge in [-0.25, -0.2) is 9.07 Å². The number of halogens is 1. The molecule has 1 aliphatic heterocycles. The van der Waals surface area contributed by atoms with Crippen LogP contribution in [0, 0.1) is 5.82 Å². The minimum atomic E-state index is -0.243. The van der Waals surface area contributed by atoms with Crippen LogP contribution in [0.4, 0.5) is 4.39 Å². The third-order valence-corrected chi connectivity index (χ3v) is 4.25. The molecule has 4 rings (SSSR count). The highest BCUT2D eigenvalue weighted by atomic mass is 19.1. The fourth-order valence-electron chi connectivity index (χ4n) is 3.04. The molecule has 3 aromatic rings. The summed E-state index contributed by atoms with van der Waals surface area (Å²) in [5.41, 5.74) is 2.95. The van der Waals surface area contributed by atoms with Gasteiger partial charge in [0.05, 0.1) is 5.69 Å². The molecule has 2 heterocycles. The number of nitrogens with zero attached hydrogens (tertiary/aromatic N) is 2. The highest BCUT2D eigenvalue weighted by Crippen LogP contribution is 2.24. The van der Waals surface area contributed by atoms with E-state index in [1.807, 2.05) is 30.5 Å². The van der Waals surface area contributed by atoms with Crippen molar-refractivity contribution in [2.24, 2.45) is 0 Å². The Bertz CT molecular complexity index is 832. The second-order valence-electron chi connectivity index (χ2n) is 5.92. The number of aromatic nitrogens is 2. The number of para-hydroxylation sites is 1. The van der Waals surface area contributed by atoms with Gasteiger partial charge in [-0.05, 0) is 47.9 Å². The van der Waals surface area contributed by atoms with Crippen LogP contribution < -0.4 is 10.1 Å². The molecule has 0 aliphatic carbocycles. The van der Waals surface area contributed by atoms with E-state index in [9.17, 15) is 4.39 Å². The maximum atomic E-state index is 13.7. The summed E-state index contributed by atoms with van der Waals surface area (Å²) in [4.78, 5) is 0. The lowest BCUT2D eigenvalue weighted by Crippen LogP contribution is -2.39. The third kappa shape index (κ3) is 3.03. The molecule has 0 radical (unpaired) electrons. The number of hydrogen-bond donors (Lipinski definition) is 1. The number of fused-ring (bicyclic) bond motifs is 1. The molecule has 4 nitrogen and oxygen atoms in total. The van der Waals surface area contributed by atoms with Crippen LogP contribution >= 0.6 is 0 Å². The third-order valence-electron chi connectivity index (χ3n) is 4.25. The number of benzene rings is 2. The van der Waals surface area contributed by atoms with Crippen LogP contribution in [0.3, 0.4) is 0 Å². The first-order chi connectivity index (χ1) is 11.8. The predicted octanol–water partition coefficient (Wildman–Crippen LogP) is 3.10. The van der Waals surface area contributed by atoms with Crippen LogP contribution in [0.2, 0.25) is 0 Å². The minimum absolute atomic E-state index is 0.202. The van der Waals surface area contributed by atoms with Crippen molar-refractivity contribution in [2.45, 2.75) is 19.0 Å². The van der Waals surface area contributed by atoms with Crippen LogP contribution in [0.25, 0.3) is 5.69 Å². The van der Waals surface area contributed by atoms with E-state index < -0.39 is 0 Å². The van der Waals surface area contributed by atoms with Gasteiger partial charge in [-0.3, -0.25) is 0 Å². The molecule has 0 saturated carbocycles. The van der Waals surface area contributed by atoms with Gasteiger partial charge in [0.2, 0.25) is 0 Å². The first kappa shape index (κ1) is 14.9. The largest absolute Gasteiger partial charge is 0.492 e. The van der Waals surface area contributed by atoms with E-state index in [1.54, 1.807) is 23.0 Å². The topological polar surface area (TPSA) is 39.1 Å². The smallest absolute Gasteiger partial charge is 0.123 e. The normalized spacial score (nSPS) is 16.5. The maximum Gasteiger partial charge on any atom is 0.123 e.